The van der Waals surface area contributed by atoms with Gasteiger partial charge in [-0.25, -0.2) is 4.98 Å². The van der Waals surface area contributed by atoms with Crippen LogP contribution in [0.3, 0.4) is 0 Å². The highest BCUT2D eigenvalue weighted by Crippen LogP contribution is 2.28. The topological polar surface area (TPSA) is 48.3 Å². The molecular formula is C15H21N3O2. The van der Waals surface area contributed by atoms with Crippen molar-refractivity contribution in [2.24, 2.45) is 0 Å². The molecule has 0 saturated heterocycles. The Labute approximate surface area is 119 Å². The van der Waals surface area contributed by atoms with E-state index in [-0.39, 0.29) is 6.04 Å². The summed E-state index contributed by atoms with van der Waals surface area (Å²) in [4.78, 5) is 4.36. The summed E-state index contributed by atoms with van der Waals surface area (Å²) >= 11 is 0. The Hall–Kier alpha value is -2.01. The molecule has 0 bridgehead atoms. The lowest BCUT2D eigenvalue weighted by Gasteiger charge is -2.17. The normalized spacial score (nSPS) is 12.2. The fourth-order valence-electron chi connectivity index (χ4n) is 2.13. The zero-order valence-corrected chi connectivity index (χ0v) is 12.4. The van der Waals surface area contributed by atoms with Crippen LogP contribution < -0.4 is 10.1 Å². The number of ether oxygens (including phenoxy) is 2. The molecule has 5 heteroatoms. The van der Waals surface area contributed by atoms with Gasteiger partial charge < -0.3 is 19.4 Å². The third-order valence-corrected chi connectivity index (χ3v) is 3.15. The molecule has 1 N–H and O–H groups in total. The van der Waals surface area contributed by atoms with E-state index < -0.39 is 0 Å². The lowest BCUT2D eigenvalue weighted by molar-refractivity contribution is 0.163. The summed E-state index contributed by atoms with van der Waals surface area (Å²) in [7, 11) is 3.36. The van der Waals surface area contributed by atoms with Crippen LogP contribution in [0.2, 0.25) is 0 Å². The summed E-state index contributed by atoms with van der Waals surface area (Å²) in [5, 5.41) is 3.32. The fraction of sp³-hybridized carbons (Fsp3) is 0.400. The van der Waals surface area contributed by atoms with Crippen LogP contribution in [0.4, 0.5) is 11.6 Å². The molecule has 5 nitrogen and oxygen atoms in total. The SMILES string of the molecule is COCC(C)n1ccnc1Nc1cc(C)ccc1OC. The first kappa shape index (κ1) is 14.4. The lowest BCUT2D eigenvalue weighted by Crippen LogP contribution is -2.13. The van der Waals surface area contributed by atoms with E-state index in [1.807, 2.05) is 35.9 Å². The Morgan fingerprint density at radius 3 is 2.85 bits per heavy atom. The number of aryl methyl sites for hydroxylation is 1. The lowest BCUT2D eigenvalue weighted by atomic mass is 10.2. The van der Waals surface area contributed by atoms with E-state index >= 15 is 0 Å². The molecule has 1 atom stereocenters. The van der Waals surface area contributed by atoms with E-state index in [0.29, 0.717) is 6.61 Å². The van der Waals surface area contributed by atoms with Gasteiger partial charge in [0, 0.05) is 19.5 Å². The van der Waals surface area contributed by atoms with Gasteiger partial charge in [-0.15, -0.1) is 0 Å². The van der Waals surface area contributed by atoms with E-state index in [2.05, 4.69) is 17.2 Å². The van der Waals surface area contributed by atoms with E-state index in [0.717, 1.165) is 22.9 Å². The second-order valence-corrected chi connectivity index (χ2v) is 4.79. The number of methoxy groups -OCH3 is 2. The number of rotatable bonds is 6. The zero-order valence-electron chi connectivity index (χ0n) is 12.4. The van der Waals surface area contributed by atoms with Crippen molar-refractivity contribution < 1.29 is 9.47 Å². The highest BCUT2D eigenvalue weighted by atomic mass is 16.5. The number of hydrogen-bond donors (Lipinski definition) is 1. The summed E-state index contributed by atoms with van der Waals surface area (Å²) in [6.45, 7) is 4.77. The molecule has 0 amide bonds. The molecule has 0 aliphatic heterocycles. The van der Waals surface area contributed by atoms with Gasteiger partial charge in [0.25, 0.3) is 0 Å². The molecule has 0 fully saturated rings. The number of anilines is 2. The number of nitrogens with zero attached hydrogens (tertiary/aromatic N) is 2. The van der Waals surface area contributed by atoms with Crippen LogP contribution in [-0.4, -0.2) is 30.4 Å². The maximum atomic E-state index is 5.37. The summed E-state index contributed by atoms with van der Waals surface area (Å²) in [5.41, 5.74) is 2.07. The van der Waals surface area contributed by atoms with E-state index in [4.69, 9.17) is 9.47 Å². The standard InChI is InChI=1S/C15H21N3O2/c1-11-5-6-14(20-4)13(9-11)17-15-16-7-8-18(15)12(2)10-19-3/h5-9,12H,10H2,1-4H3,(H,16,17). The van der Waals surface area contributed by atoms with E-state index in [1.165, 1.54) is 0 Å². The van der Waals surface area contributed by atoms with Crippen molar-refractivity contribution in [2.75, 3.05) is 26.1 Å². The second kappa shape index (κ2) is 6.43. The Balaban J connectivity index is 2.26. The van der Waals surface area contributed by atoms with Gasteiger partial charge in [0.1, 0.15) is 5.75 Å². The first-order valence-corrected chi connectivity index (χ1v) is 6.59. The van der Waals surface area contributed by atoms with E-state index in [1.54, 1.807) is 20.4 Å². The summed E-state index contributed by atoms with van der Waals surface area (Å²) in [6, 6.07) is 6.22. The van der Waals surface area contributed by atoms with Gasteiger partial charge in [-0.3, -0.25) is 0 Å². The summed E-state index contributed by atoms with van der Waals surface area (Å²) in [6.07, 6.45) is 3.71. The number of hydrogen-bond acceptors (Lipinski definition) is 4. The number of benzene rings is 1. The largest absolute Gasteiger partial charge is 0.495 e. The third kappa shape index (κ3) is 3.11. The van der Waals surface area contributed by atoms with Gasteiger partial charge >= 0.3 is 0 Å². The smallest absolute Gasteiger partial charge is 0.207 e. The third-order valence-electron chi connectivity index (χ3n) is 3.15. The van der Waals surface area contributed by atoms with Gasteiger partial charge in [0.2, 0.25) is 5.95 Å². The maximum Gasteiger partial charge on any atom is 0.207 e. The monoisotopic (exact) mass is 275 g/mol. The molecule has 0 aliphatic rings. The molecule has 0 spiro atoms. The summed E-state index contributed by atoms with van der Waals surface area (Å²) in [5.74, 6) is 1.57. The van der Waals surface area contributed by atoms with Crippen LogP contribution in [0.25, 0.3) is 0 Å². The average molecular weight is 275 g/mol. The first-order valence-electron chi connectivity index (χ1n) is 6.59. The van der Waals surface area contributed by atoms with Crippen molar-refractivity contribution in [3.05, 3.63) is 36.2 Å². The molecular weight excluding hydrogens is 254 g/mol. The predicted molar refractivity (Wildman–Crippen MR) is 79.8 cm³/mol. The first-order chi connectivity index (χ1) is 9.65. The van der Waals surface area contributed by atoms with Gasteiger partial charge in [0.05, 0.1) is 25.4 Å². The Morgan fingerprint density at radius 2 is 2.15 bits per heavy atom. The minimum absolute atomic E-state index is 0.209. The van der Waals surface area contributed by atoms with Crippen LogP contribution in [0.1, 0.15) is 18.5 Å². The molecule has 1 aromatic heterocycles. The van der Waals surface area contributed by atoms with Crippen LogP contribution in [0.15, 0.2) is 30.6 Å². The summed E-state index contributed by atoms with van der Waals surface area (Å²) < 4.78 is 12.6. The second-order valence-electron chi connectivity index (χ2n) is 4.79. The Kier molecular flexibility index (Phi) is 4.63. The van der Waals surface area contributed by atoms with Crippen molar-refractivity contribution in [1.82, 2.24) is 9.55 Å². The Morgan fingerprint density at radius 1 is 1.35 bits per heavy atom. The van der Waals surface area contributed by atoms with Gasteiger partial charge in [-0.05, 0) is 31.5 Å². The van der Waals surface area contributed by atoms with Crippen LogP contribution in [0.5, 0.6) is 5.75 Å². The van der Waals surface area contributed by atoms with Crippen molar-refractivity contribution in [2.45, 2.75) is 19.9 Å². The molecule has 0 saturated carbocycles. The molecule has 1 aromatic carbocycles. The van der Waals surface area contributed by atoms with Crippen molar-refractivity contribution in [1.29, 1.82) is 0 Å². The Bertz CT molecular complexity index is 566. The molecule has 20 heavy (non-hydrogen) atoms. The quantitative estimate of drug-likeness (QED) is 0.879. The minimum Gasteiger partial charge on any atom is -0.495 e. The van der Waals surface area contributed by atoms with Crippen molar-refractivity contribution in [3.8, 4) is 5.75 Å². The van der Waals surface area contributed by atoms with Crippen molar-refractivity contribution in [3.63, 3.8) is 0 Å². The highest BCUT2D eigenvalue weighted by Gasteiger charge is 2.12. The molecule has 108 valence electrons. The fourth-order valence-corrected chi connectivity index (χ4v) is 2.13. The van der Waals surface area contributed by atoms with Gasteiger partial charge in [0.15, 0.2) is 0 Å². The number of aromatic nitrogens is 2. The molecule has 1 heterocycles. The minimum atomic E-state index is 0.209. The number of imidazole rings is 1. The van der Waals surface area contributed by atoms with E-state index in [9.17, 15) is 0 Å². The van der Waals surface area contributed by atoms with Crippen LogP contribution in [0, 0.1) is 6.92 Å². The molecule has 0 aliphatic carbocycles. The predicted octanol–water partition coefficient (Wildman–Crippen LogP) is 3.15. The van der Waals surface area contributed by atoms with Crippen LogP contribution in [-0.2, 0) is 4.74 Å². The number of nitrogens with one attached hydrogen (secondary N) is 1. The molecule has 1 unspecified atom stereocenters. The average Bonchev–Trinajstić information content (AvgIpc) is 2.87. The zero-order chi connectivity index (χ0) is 14.5. The van der Waals surface area contributed by atoms with Gasteiger partial charge in [-0.2, -0.15) is 0 Å². The van der Waals surface area contributed by atoms with Gasteiger partial charge in [-0.1, -0.05) is 6.07 Å². The molecule has 2 rings (SSSR count). The molecule has 0 radical (unpaired) electrons. The molecule has 2 aromatic rings. The van der Waals surface area contributed by atoms with Crippen LogP contribution >= 0.6 is 0 Å². The van der Waals surface area contributed by atoms with Crippen molar-refractivity contribution >= 4 is 11.6 Å². The maximum absolute atomic E-state index is 5.37. The highest BCUT2D eigenvalue weighted by molar-refractivity contribution is 5.63.